The van der Waals surface area contributed by atoms with E-state index in [1.165, 1.54) is 0 Å². The Morgan fingerprint density at radius 1 is 1.44 bits per heavy atom. The number of nitrogens with zero attached hydrogens (tertiary/aromatic N) is 1. The fraction of sp³-hybridized carbons (Fsp3) is 0.400. The third-order valence-electron chi connectivity index (χ3n) is 2.41. The molecule has 0 saturated carbocycles. The molecule has 0 bridgehead atoms. The lowest BCUT2D eigenvalue weighted by atomic mass is 10.4. The van der Waals surface area contributed by atoms with Crippen molar-refractivity contribution in [3.05, 3.63) is 22.6 Å². The Kier molecular flexibility index (Phi) is 3.60. The van der Waals surface area contributed by atoms with Gasteiger partial charge in [-0.1, -0.05) is 0 Å². The molecule has 6 heteroatoms. The van der Waals surface area contributed by atoms with Crippen LogP contribution in [0.1, 0.15) is 23.4 Å². The maximum atomic E-state index is 11.7. The Hall–Kier alpha value is -0.880. The maximum absolute atomic E-state index is 11.7. The first-order valence-corrected chi connectivity index (χ1v) is 6.22. The van der Waals surface area contributed by atoms with Crippen LogP contribution in [0.15, 0.2) is 21.2 Å². The molecule has 1 fully saturated rings. The van der Waals surface area contributed by atoms with E-state index in [1.54, 1.807) is 12.1 Å². The van der Waals surface area contributed by atoms with Crippen molar-refractivity contribution in [3.8, 4) is 0 Å². The van der Waals surface area contributed by atoms with Gasteiger partial charge in [-0.05, 0) is 53.1 Å². The lowest BCUT2D eigenvalue weighted by Crippen LogP contribution is -2.40. The highest BCUT2D eigenvalue weighted by molar-refractivity contribution is 9.10. The number of hydrogen-bond acceptors (Lipinski definition) is 3. The fourth-order valence-electron chi connectivity index (χ4n) is 1.59. The molecule has 0 aliphatic carbocycles. The van der Waals surface area contributed by atoms with E-state index in [9.17, 15) is 4.79 Å². The molecule has 1 amide bonds. The van der Waals surface area contributed by atoms with E-state index in [0.29, 0.717) is 9.78 Å². The third-order valence-corrected chi connectivity index (χ3v) is 3.20. The van der Waals surface area contributed by atoms with Crippen LogP contribution < -0.4 is 5.32 Å². The molecule has 1 saturated heterocycles. The summed E-state index contributed by atoms with van der Waals surface area (Å²) in [4.78, 5) is 13.7. The number of thiocarbonyl (C=S) groups is 1. The second-order valence-corrected chi connectivity index (χ2v) is 4.73. The van der Waals surface area contributed by atoms with E-state index in [-0.39, 0.29) is 11.7 Å². The average molecular weight is 303 g/mol. The minimum atomic E-state index is -0.303. The highest BCUT2D eigenvalue weighted by Gasteiger charge is 2.18. The van der Waals surface area contributed by atoms with Crippen LogP contribution in [0.2, 0.25) is 0 Å². The number of halogens is 1. The molecular weight excluding hydrogens is 292 g/mol. The lowest BCUT2D eigenvalue weighted by molar-refractivity contribution is 0.0945. The van der Waals surface area contributed by atoms with Gasteiger partial charge in [-0.25, -0.2) is 0 Å². The van der Waals surface area contributed by atoms with Gasteiger partial charge >= 0.3 is 0 Å². The summed E-state index contributed by atoms with van der Waals surface area (Å²) < 4.78 is 5.67. The van der Waals surface area contributed by atoms with E-state index in [0.717, 1.165) is 25.9 Å². The molecule has 0 radical (unpaired) electrons. The van der Waals surface area contributed by atoms with Crippen molar-refractivity contribution in [2.45, 2.75) is 12.8 Å². The number of nitrogens with one attached hydrogen (secondary N) is 1. The zero-order valence-corrected chi connectivity index (χ0v) is 10.9. The van der Waals surface area contributed by atoms with Crippen LogP contribution in [-0.4, -0.2) is 29.0 Å². The molecule has 4 nitrogen and oxygen atoms in total. The number of likely N-dealkylation sites (tertiary alicyclic amines) is 1. The molecular formula is C10H11BrN2O2S. The molecule has 0 atom stereocenters. The first-order valence-electron chi connectivity index (χ1n) is 5.02. The van der Waals surface area contributed by atoms with Crippen LogP contribution in [-0.2, 0) is 0 Å². The number of hydrogen-bond donors (Lipinski definition) is 1. The zero-order valence-electron chi connectivity index (χ0n) is 8.53. The van der Waals surface area contributed by atoms with Gasteiger partial charge in [0.1, 0.15) is 0 Å². The predicted octanol–water partition coefficient (Wildman–Crippen LogP) is 2.15. The number of rotatable bonds is 1. The highest BCUT2D eigenvalue weighted by Crippen LogP contribution is 2.14. The highest BCUT2D eigenvalue weighted by atomic mass is 79.9. The van der Waals surface area contributed by atoms with Gasteiger partial charge < -0.3 is 9.32 Å². The number of amides is 1. The van der Waals surface area contributed by atoms with Gasteiger partial charge in [0, 0.05) is 13.1 Å². The largest absolute Gasteiger partial charge is 0.444 e. The van der Waals surface area contributed by atoms with Crippen molar-refractivity contribution in [1.82, 2.24) is 10.2 Å². The molecule has 16 heavy (non-hydrogen) atoms. The van der Waals surface area contributed by atoms with Gasteiger partial charge in [-0.3, -0.25) is 10.1 Å². The Bertz CT molecular complexity index is 413. The summed E-state index contributed by atoms with van der Waals surface area (Å²) in [5.41, 5.74) is 0. The second kappa shape index (κ2) is 4.97. The number of furan rings is 1. The number of carbonyl (C=O) groups is 1. The van der Waals surface area contributed by atoms with Crippen molar-refractivity contribution in [2.24, 2.45) is 0 Å². The van der Waals surface area contributed by atoms with Crippen LogP contribution in [0.5, 0.6) is 0 Å². The minimum absolute atomic E-state index is 0.258. The summed E-state index contributed by atoms with van der Waals surface area (Å²) in [6.45, 7) is 1.84. The second-order valence-electron chi connectivity index (χ2n) is 3.56. The Morgan fingerprint density at radius 2 is 2.12 bits per heavy atom. The van der Waals surface area contributed by atoms with Gasteiger partial charge in [0.25, 0.3) is 5.91 Å². The van der Waals surface area contributed by atoms with Crippen LogP contribution in [0, 0.1) is 0 Å². The number of carbonyl (C=O) groups excluding carboxylic acids is 1. The van der Waals surface area contributed by atoms with Crippen molar-refractivity contribution < 1.29 is 9.21 Å². The third kappa shape index (κ3) is 2.62. The fourth-order valence-corrected chi connectivity index (χ4v) is 2.18. The molecule has 1 aromatic rings. The van der Waals surface area contributed by atoms with E-state index < -0.39 is 0 Å². The standard InChI is InChI=1S/C10H11BrN2O2S/c11-8-4-3-7(15-8)9(14)12-10(16)13-5-1-2-6-13/h3-4H,1-2,5-6H2,(H,12,14,16). The molecule has 1 aliphatic rings. The molecule has 2 rings (SSSR count). The van der Waals surface area contributed by atoms with Crippen molar-refractivity contribution >= 4 is 39.2 Å². The Balaban J connectivity index is 1.94. The van der Waals surface area contributed by atoms with Crippen molar-refractivity contribution in [1.29, 1.82) is 0 Å². The van der Waals surface area contributed by atoms with Gasteiger partial charge in [-0.15, -0.1) is 0 Å². The molecule has 1 aromatic heterocycles. The first-order chi connectivity index (χ1) is 7.66. The Morgan fingerprint density at radius 3 is 2.69 bits per heavy atom. The van der Waals surface area contributed by atoms with Crippen LogP contribution in [0.4, 0.5) is 0 Å². The van der Waals surface area contributed by atoms with Crippen molar-refractivity contribution in [3.63, 3.8) is 0 Å². The molecule has 1 aliphatic heterocycles. The predicted molar refractivity (Wildman–Crippen MR) is 67.3 cm³/mol. The van der Waals surface area contributed by atoms with Gasteiger partial charge in [0.2, 0.25) is 0 Å². The zero-order chi connectivity index (χ0) is 11.5. The van der Waals surface area contributed by atoms with E-state index in [4.69, 9.17) is 16.6 Å². The van der Waals surface area contributed by atoms with E-state index in [1.807, 2.05) is 4.90 Å². The van der Waals surface area contributed by atoms with Crippen molar-refractivity contribution in [2.75, 3.05) is 13.1 Å². The summed E-state index contributed by atoms with van der Waals surface area (Å²) >= 11 is 8.28. The summed E-state index contributed by atoms with van der Waals surface area (Å²) in [6, 6.07) is 3.28. The summed E-state index contributed by atoms with van der Waals surface area (Å²) in [6.07, 6.45) is 2.25. The first kappa shape index (κ1) is 11.6. The smallest absolute Gasteiger partial charge is 0.293 e. The molecule has 2 heterocycles. The molecule has 86 valence electrons. The van der Waals surface area contributed by atoms with E-state index in [2.05, 4.69) is 21.2 Å². The van der Waals surface area contributed by atoms with Crippen LogP contribution >= 0.6 is 28.1 Å². The lowest BCUT2D eigenvalue weighted by Gasteiger charge is -2.17. The SMILES string of the molecule is O=C(NC(=S)N1CCCC1)c1ccc(Br)o1. The van der Waals surface area contributed by atoms with Crippen LogP contribution in [0.25, 0.3) is 0 Å². The summed E-state index contributed by atoms with van der Waals surface area (Å²) in [7, 11) is 0. The minimum Gasteiger partial charge on any atom is -0.444 e. The molecule has 0 unspecified atom stereocenters. The summed E-state index contributed by atoms with van der Waals surface area (Å²) in [5, 5.41) is 3.14. The van der Waals surface area contributed by atoms with Gasteiger partial charge in [0.05, 0.1) is 0 Å². The molecule has 1 N–H and O–H groups in total. The Labute approximate surface area is 107 Å². The van der Waals surface area contributed by atoms with Gasteiger partial charge in [0.15, 0.2) is 15.5 Å². The monoisotopic (exact) mass is 302 g/mol. The topological polar surface area (TPSA) is 45.5 Å². The quantitative estimate of drug-likeness (QED) is 0.808. The average Bonchev–Trinajstić information content (AvgIpc) is 2.87. The maximum Gasteiger partial charge on any atom is 0.293 e. The molecule has 0 spiro atoms. The summed E-state index contributed by atoms with van der Waals surface area (Å²) in [5.74, 6) is -0.0454. The normalized spacial score (nSPS) is 15.2. The van der Waals surface area contributed by atoms with Gasteiger partial charge in [-0.2, -0.15) is 0 Å². The van der Waals surface area contributed by atoms with E-state index >= 15 is 0 Å². The molecule has 0 aromatic carbocycles. The van der Waals surface area contributed by atoms with Crippen LogP contribution in [0.3, 0.4) is 0 Å².